The number of rotatable bonds is 0. The molecule has 0 saturated carbocycles. The van der Waals surface area contributed by atoms with Gasteiger partial charge < -0.3 is 0 Å². The van der Waals surface area contributed by atoms with Gasteiger partial charge in [-0.25, -0.2) is 10.4 Å². The molecule has 0 spiro atoms. The number of nitrogens with one attached hydrogen (secondary N) is 1. The molecule has 8 nitrogen and oxygen atoms in total. The van der Waals surface area contributed by atoms with E-state index in [9.17, 15) is 14.2 Å². The van der Waals surface area contributed by atoms with Gasteiger partial charge in [0.15, 0.2) is 10.9 Å². The highest BCUT2D eigenvalue weighted by Gasteiger charge is 2.09. The molecule has 1 aliphatic rings. The fraction of sp³-hybridized carbons (Fsp3) is 0.143. The average molecular weight is 415 g/mol. The minimum atomic E-state index is -3.22. The van der Waals surface area contributed by atoms with E-state index in [2.05, 4.69) is 59.4 Å². The Balaban J connectivity index is 0.000000296. The van der Waals surface area contributed by atoms with Crippen LogP contribution in [0.5, 0.6) is 0 Å². The molecular formula is C7H5Cl5N5O3P. The fourth-order valence-corrected chi connectivity index (χ4v) is 0.985. The number of hydrazone groups is 1. The first-order chi connectivity index (χ1) is 9.58. The number of amides is 1. The molecular weight excluding hydrogens is 410 g/mol. The first-order valence-electron chi connectivity index (χ1n) is 4.62. The summed E-state index contributed by atoms with van der Waals surface area (Å²) in [6.45, 7) is 0. The van der Waals surface area contributed by atoms with Crippen LogP contribution in [0.2, 0.25) is 10.4 Å². The van der Waals surface area contributed by atoms with E-state index >= 15 is 0 Å². The second kappa shape index (κ2) is 10.3. The predicted molar refractivity (Wildman–Crippen MR) is 81.3 cm³/mol. The molecule has 21 heavy (non-hydrogen) atoms. The maximum absolute atomic E-state index is 10.3. The minimum absolute atomic E-state index is 0.0660. The first kappa shape index (κ1) is 20.5. The fourth-order valence-electron chi connectivity index (χ4n) is 0.683. The van der Waals surface area contributed by atoms with Crippen molar-refractivity contribution in [2.45, 2.75) is 6.42 Å². The lowest BCUT2D eigenvalue weighted by molar-refractivity contribution is -0.126. The highest BCUT2D eigenvalue weighted by Crippen LogP contribution is 2.61. The Morgan fingerprint density at radius 2 is 1.76 bits per heavy atom. The number of carbonyl (C=O) groups is 2. The van der Waals surface area contributed by atoms with Gasteiger partial charge in [-0.1, -0.05) is 11.6 Å². The Labute approximate surface area is 142 Å². The molecule has 1 N–H and O–H groups in total. The summed E-state index contributed by atoms with van der Waals surface area (Å²) in [5, 5.41) is 7.13. The van der Waals surface area contributed by atoms with Crippen molar-refractivity contribution in [3.05, 3.63) is 16.6 Å². The van der Waals surface area contributed by atoms with Crippen LogP contribution in [-0.4, -0.2) is 33.1 Å². The third-order valence-corrected chi connectivity index (χ3v) is 1.58. The van der Waals surface area contributed by atoms with Crippen LogP contribution in [0.25, 0.3) is 0 Å². The molecule has 14 heteroatoms. The molecule has 0 aliphatic carbocycles. The third-order valence-electron chi connectivity index (χ3n) is 1.24. The van der Waals surface area contributed by atoms with E-state index in [1.165, 1.54) is 6.20 Å². The maximum Gasteiger partial charge on any atom is 0.339 e. The van der Waals surface area contributed by atoms with E-state index < -0.39 is 5.20 Å². The van der Waals surface area contributed by atoms with Crippen LogP contribution in [0.15, 0.2) is 11.3 Å². The standard InChI is InChI=1S/C4H4N2O2.C3HCl2N3.Cl3OP/c7-3-1-4(8)6-5-2-3;4-2-1-6-8-3(5)7-2;1-5(2,3)4/h2H,1H2,(H,6,8);1H;. The summed E-state index contributed by atoms with van der Waals surface area (Å²) in [6.07, 6.45) is 2.35. The van der Waals surface area contributed by atoms with Crippen molar-refractivity contribution in [1.29, 1.82) is 0 Å². The number of halogens is 5. The van der Waals surface area contributed by atoms with E-state index in [1.807, 2.05) is 0 Å². The molecule has 0 saturated heterocycles. The van der Waals surface area contributed by atoms with Crippen molar-refractivity contribution in [3.63, 3.8) is 0 Å². The number of ketones is 1. The second-order valence-electron chi connectivity index (χ2n) is 2.88. The van der Waals surface area contributed by atoms with Crippen LogP contribution < -0.4 is 5.43 Å². The topological polar surface area (TPSA) is 114 Å². The highest BCUT2D eigenvalue weighted by molar-refractivity contribution is 8.24. The number of aromatic nitrogens is 3. The number of hydrogen-bond donors (Lipinski definition) is 1. The molecule has 0 atom stereocenters. The van der Waals surface area contributed by atoms with E-state index in [0.717, 1.165) is 6.21 Å². The molecule has 1 aromatic rings. The minimum Gasteiger partial charge on any atom is -0.292 e. The molecule has 0 unspecified atom stereocenters. The molecule has 0 bridgehead atoms. The largest absolute Gasteiger partial charge is 0.339 e. The summed E-state index contributed by atoms with van der Waals surface area (Å²) in [7, 11) is 0. The molecule has 116 valence electrons. The van der Waals surface area contributed by atoms with Crippen LogP contribution in [0.4, 0.5) is 0 Å². The van der Waals surface area contributed by atoms with Crippen molar-refractivity contribution < 1.29 is 14.2 Å². The molecule has 1 amide bonds. The Morgan fingerprint density at radius 1 is 1.19 bits per heavy atom. The third kappa shape index (κ3) is 15.7. The lowest BCUT2D eigenvalue weighted by Gasteiger charge is -1.99. The van der Waals surface area contributed by atoms with Crippen LogP contribution in [0.3, 0.4) is 0 Å². The van der Waals surface area contributed by atoms with Gasteiger partial charge in [-0.15, -0.1) is 5.10 Å². The molecule has 0 fully saturated rings. The summed E-state index contributed by atoms with van der Waals surface area (Å²) in [4.78, 5) is 24.0. The van der Waals surface area contributed by atoms with E-state index in [-0.39, 0.29) is 28.5 Å². The summed E-state index contributed by atoms with van der Waals surface area (Å²) in [5.41, 5.74) is 2.12. The summed E-state index contributed by atoms with van der Waals surface area (Å²) in [5.74, 6) is -0.578. The van der Waals surface area contributed by atoms with Crippen LogP contribution in [0.1, 0.15) is 6.42 Å². The van der Waals surface area contributed by atoms with Crippen LogP contribution in [-0.2, 0) is 14.2 Å². The van der Waals surface area contributed by atoms with Crippen LogP contribution >= 0.6 is 62.1 Å². The first-order valence-corrected chi connectivity index (χ1v) is 9.80. The Morgan fingerprint density at radius 3 is 2.05 bits per heavy atom. The molecule has 1 aliphatic heterocycles. The smallest absolute Gasteiger partial charge is 0.292 e. The van der Waals surface area contributed by atoms with Gasteiger partial charge in [-0.05, 0) is 45.3 Å². The zero-order chi connectivity index (χ0) is 16.5. The van der Waals surface area contributed by atoms with Gasteiger partial charge in [0.2, 0.25) is 11.2 Å². The second-order valence-corrected chi connectivity index (χ2v) is 10.2. The highest BCUT2D eigenvalue weighted by atomic mass is 36.0. The van der Waals surface area contributed by atoms with Gasteiger partial charge in [0.05, 0.1) is 18.8 Å². The number of carbonyl (C=O) groups excluding carboxylic acids is 2. The molecule has 0 radical (unpaired) electrons. The molecule has 0 aromatic carbocycles. The Bertz CT molecular complexity index is 554. The quantitative estimate of drug-likeness (QED) is 0.515. The average Bonchev–Trinajstić information content (AvgIpc) is 2.26. The van der Waals surface area contributed by atoms with Gasteiger partial charge in [-0.2, -0.15) is 10.2 Å². The molecule has 2 heterocycles. The van der Waals surface area contributed by atoms with E-state index in [0.29, 0.717) is 0 Å². The SMILES string of the molecule is Clc1cnnc(Cl)n1.O=C1C=NNC(=O)C1.O=P(Cl)(Cl)Cl. The van der Waals surface area contributed by atoms with Crippen molar-refractivity contribution in [2.24, 2.45) is 5.10 Å². The van der Waals surface area contributed by atoms with Crippen LogP contribution in [0, 0.1) is 0 Å². The molecule has 1 aromatic heterocycles. The molecule has 2 rings (SSSR count). The zero-order valence-corrected chi connectivity index (χ0v) is 14.4. The lowest BCUT2D eigenvalue weighted by atomic mass is 10.3. The maximum atomic E-state index is 10.3. The Hall–Kier alpha value is -0.500. The van der Waals surface area contributed by atoms with E-state index in [4.69, 9.17) is 23.2 Å². The van der Waals surface area contributed by atoms with E-state index in [1.54, 1.807) is 0 Å². The van der Waals surface area contributed by atoms with Gasteiger partial charge in [0.1, 0.15) is 0 Å². The monoisotopic (exact) mass is 413 g/mol. The summed E-state index contributed by atoms with van der Waals surface area (Å²) in [6, 6.07) is 0. The van der Waals surface area contributed by atoms with Crippen molar-refractivity contribution in [2.75, 3.05) is 0 Å². The van der Waals surface area contributed by atoms with Gasteiger partial charge in [0, 0.05) is 0 Å². The number of hydrogen-bond acceptors (Lipinski definition) is 7. The van der Waals surface area contributed by atoms with Gasteiger partial charge in [0.25, 0.3) is 0 Å². The van der Waals surface area contributed by atoms with Crippen molar-refractivity contribution in [3.8, 4) is 0 Å². The number of nitrogens with zero attached hydrogens (tertiary/aromatic N) is 4. The lowest BCUT2D eigenvalue weighted by Crippen LogP contribution is -2.26. The predicted octanol–water partition coefficient (Wildman–Crippen LogP) is 3.05. The normalized spacial score (nSPS) is 13.4. The summed E-state index contributed by atoms with van der Waals surface area (Å²) < 4.78 is 9.51. The zero-order valence-electron chi connectivity index (χ0n) is 9.71. The van der Waals surface area contributed by atoms with Gasteiger partial charge in [-0.3, -0.25) is 14.2 Å². The Kier molecular flexibility index (Phi) is 10.0. The van der Waals surface area contributed by atoms with Crippen molar-refractivity contribution >= 4 is 80.0 Å². The van der Waals surface area contributed by atoms with Crippen molar-refractivity contribution in [1.82, 2.24) is 20.6 Å². The summed E-state index contributed by atoms with van der Waals surface area (Å²) >= 11 is 24.5. The number of Topliss-reactive ketones (excluding diaryl/α,β-unsaturated/α-hetero) is 1. The van der Waals surface area contributed by atoms with Gasteiger partial charge >= 0.3 is 5.20 Å².